The number of benzene rings is 2. The van der Waals surface area contributed by atoms with Crippen molar-refractivity contribution >= 4 is 23.3 Å². The van der Waals surface area contributed by atoms with Gasteiger partial charge in [0.05, 0.1) is 25.1 Å². The molecule has 2 unspecified atom stereocenters. The molecular weight excluding hydrogens is 406 g/mol. The molecule has 0 aliphatic heterocycles. The highest BCUT2D eigenvalue weighted by Gasteiger charge is 2.23. The van der Waals surface area contributed by atoms with E-state index in [1.54, 1.807) is 7.05 Å². The average Bonchev–Trinajstić information content (AvgIpc) is 2.82. The Morgan fingerprint density at radius 1 is 1.00 bits per heavy atom. The minimum atomic E-state index is -0.430. The second-order valence-corrected chi connectivity index (χ2v) is 7.51. The molecule has 0 saturated heterocycles. The molecule has 7 nitrogen and oxygen atoms in total. The van der Waals surface area contributed by atoms with E-state index >= 15 is 0 Å². The highest BCUT2D eigenvalue weighted by Crippen LogP contribution is 2.21. The Labute approximate surface area is 189 Å². The first-order chi connectivity index (χ1) is 15.4. The third-order valence-electron chi connectivity index (χ3n) is 5.02. The summed E-state index contributed by atoms with van der Waals surface area (Å²) >= 11 is 0. The van der Waals surface area contributed by atoms with Crippen molar-refractivity contribution in [1.82, 2.24) is 4.90 Å². The Hall–Kier alpha value is -3.48. The lowest BCUT2D eigenvalue weighted by molar-refractivity contribution is -0.147. The molecule has 0 aliphatic rings. The van der Waals surface area contributed by atoms with Gasteiger partial charge in [0.2, 0.25) is 5.91 Å². The van der Waals surface area contributed by atoms with E-state index in [-0.39, 0.29) is 24.3 Å². The number of allylic oxidation sites excluding steroid dienone is 1. The van der Waals surface area contributed by atoms with Crippen molar-refractivity contribution in [3.05, 3.63) is 66.7 Å². The van der Waals surface area contributed by atoms with Crippen molar-refractivity contribution in [2.24, 2.45) is 22.1 Å². The van der Waals surface area contributed by atoms with Crippen LogP contribution in [0.4, 0.5) is 11.4 Å². The molecule has 2 rings (SSSR count). The van der Waals surface area contributed by atoms with Gasteiger partial charge in [0.1, 0.15) is 12.3 Å². The zero-order valence-corrected chi connectivity index (χ0v) is 19.1. The smallest absolute Gasteiger partial charge is 0.325 e. The number of methoxy groups -OCH3 is 1. The van der Waals surface area contributed by atoms with Crippen molar-refractivity contribution in [3.63, 3.8) is 0 Å². The Kier molecular flexibility index (Phi) is 10.1. The second-order valence-electron chi connectivity index (χ2n) is 7.51. The van der Waals surface area contributed by atoms with Crippen LogP contribution in [0.15, 0.2) is 77.0 Å². The molecule has 0 aliphatic carbocycles. The van der Waals surface area contributed by atoms with Gasteiger partial charge in [0.25, 0.3) is 0 Å². The molecular formula is C25H31N3O4. The van der Waals surface area contributed by atoms with Gasteiger partial charge in [-0.15, -0.1) is 0 Å². The topological polar surface area (TPSA) is 80.6 Å². The number of hydrogen-bond donors (Lipinski definition) is 0. The summed E-state index contributed by atoms with van der Waals surface area (Å²) in [6.07, 6.45) is 4.74. The van der Waals surface area contributed by atoms with E-state index in [1.165, 1.54) is 12.0 Å². The molecule has 1 amide bonds. The lowest BCUT2D eigenvalue weighted by Crippen LogP contribution is -2.37. The second kappa shape index (κ2) is 13.0. The molecule has 0 spiro atoms. The summed E-state index contributed by atoms with van der Waals surface area (Å²) in [5.41, 5.74) is 1.56. The Balaban J connectivity index is 1.73. The van der Waals surface area contributed by atoms with Gasteiger partial charge in [-0.05, 0) is 48.7 Å². The number of carbonyl (C=O) groups excluding carboxylic acids is 2. The first-order valence-electron chi connectivity index (χ1n) is 10.6. The van der Waals surface area contributed by atoms with E-state index < -0.39 is 5.97 Å². The van der Waals surface area contributed by atoms with E-state index in [9.17, 15) is 9.59 Å². The fourth-order valence-corrected chi connectivity index (χ4v) is 2.85. The minimum absolute atomic E-state index is 0.0388. The van der Waals surface area contributed by atoms with Gasteiger partial charge < -0.3 is 14.4 Å². The predicted molar refractivity (Wildman–Crippen MR) is 124 cm³/mol. The van der Waals surface area contributed by atoms with Crippen molar-refractivity contribution < 1.29 is 19.1 Å². The van der Waals surface area contributed by atoms with Gasteiger partial charge in [-0.25, -0.2) is 0 Å². The van der Waals surface area contributed by atoms with Crippen molar-refractivity contribution in [3.8, 4) is 5.75 Å². The van der Waals surface area contributed by atoms with Crippen LogP contribution in [0.1, 0.15) is 20.3 Å². The largest absolute Gasteiger partial charge is 0.493 e. The predicted octanol–water partition coefficient (Wildman–Crippen LogP) is 5.33. The first kappa shape index (κ1) is 24.8. The molecule has 2 atom stereocenters. The molecule has 0 heterocycles. The van der Waals surface area contributed by atoms with E-state index in [1.807, 2.05) is 80.6 Å². The first-order valence-corrected chi connectivity index (χ1v) is 10.6. The van der Waals surface area contributed by atoms with Crippen LogP contribution in [0.2, 0.25) is 0 Å². The van der Waals surface area contributed by atoms with Gasteiger partial charge in [-0.1, -0.05) is 44.2 Å². The summed E-state index contributed by atoms with van der Waals surface area (Å²) in [5.74, 6) is 0.0448. The van der Waals surface area contributed by atoms with Gasteiger partial charge in [-0.2, -0.15) is 10.2 Å². The minimum Gasteiger partial charge on any atom is -0.493 e. The summed E-state index contributed by atoms with van der Waals surface area (Å²) in [5, 5.41) is 8.40. The maximum absolute atomic E-state index is 12.4. The fraction of sp³-hybridized carbons (Fsp3) is 0.360. The monoisotopic (exact) mass is 437 g/mol. The van der Waals surface area contributed by atoms with Crippen molar-refractivity contribution in [1.29, 1.82) is 0 Å². The van der Waals surface area contributed by atoms with Crippen LogP contribution < -0.4 is 4.74 Å². The summed E-state index contributed by atoms with van der Waals surface area (Å²) in [4.78, 5) is 25.1. The van der Waals surface area contributed by atoms with Crippen LogP contribution in [0.25, 0.3) is 0 Å². The molecule has 170 valence electrons. The number of hydrogen-bond acceptors (Lipinski definition) is 6. The van der Waals surface area contributed by atoms with Crippen molar-refractivity contribution in [2.75, 3.05) is 27.3 Å². The number of nitrogens with zero attached hydrogens (tertiary/aromatic N) is 3. The van der Waals surface area contributed by atoms with Gasteiger partial charge in [0.15, 0.2) is 0 Å². The zero-order valence-electron chi connectivity index (χ0n) is 19.1. The quantitative estimate of drug-likeness (QED) is 0.206. The van der Waals surface area contributed by atoms with E-state index in [4.69, 9.17) is 4.74 Å². The summed E-state index contributed by atoms with van der Waals surface area (Å²) in [6.45, 7) is 4.32. The van der Waals surface area contributed by atoms with Crippen LogP contribution >= 0.6 is 0 Å². The maximum Gasteiger partial charge on any atom is 0.325 e. The lowest BCUT2D eigenvalue weighted by Gasteiger charge is -2.23. The van der Waals surface area contributed by atoms with Crippen LogP contribution in [-0.2, 0) is 14.3 Å². The van der Waals surface area contributed by atoms with Crippen LogP contribution in [-0.4, -0.2) is 44.1 Å². The number of amides is 1. The molecule has 7 heteroatoms. The summed E-state index contributed by atoms with van der Waals surface area (Å²) < 4.78 is 10.4. The van der Waals surface area contributed by atoms with Crippen LogP contribution in [0.5, 0.6) is 5.75 Å². The Morgan fingerprint density at radius 2 is 1.62 bits per heavy atom. The summed E-state index contributed by atoms with van der Waals surface area (Å²) in [6, 6.07) is 17.0. The maximum atomic E-state index is 12.4. The number of ether oxygens (including phenoxy) is 2. The van der Waals surface area contributed by atoms with E-state index in [2.05, 4.69) is 15.0 Å². The molecule has 0 N–H and O–H groups in total. The Bertz CT molecular complexity index is 911. The molecule has 0 fully saturated rings. The Morgan fingerprint density at radius 3 is 2.25 bits per heavy atom. The molecule has 0 saturated carbocycles. The number of likely N-dealkylation sites (N-methyl/N-ethyl adjacent to an activating group) is 1. The van der Waals surface area contributed by atoms with Gasteiger partial charge in [-0.3, -0.25) is 9.59 Å². The fourth-order valence-electron chi connectivity index (χ4n) is 2.85. The summed E-state index contributed by atoms with van der Waals surface area (Å²) in [7, 11) is 2.91. The SMILES string of the molecule is COC(=O)CN(C)C(=O)C(C)C(C)/C=C\CCOc1ccc(N=Nc2ccccc2)cc1. The van der Waals surface area contributed by atoms with E-state index in [0.717, 1.165) is 23.5 Å². The number of esters is 1. The zero-order chi connectivity index (χ0) is 23.3. The van der Waals surface area contributed by atoms with Crippen LogP contribution in [0, 0.1) is 11.8 Å². The molecule has 32 heavy (non-hydrogen) atoms. The molecule has 2 aromatic carbocycles. The van der Waals surface area contributed by atoms with Gasteiger partial charge >= 0.3 is 5.97 Å². The number of azo groups is 1. The molecule has 0 radical (unpaired) electrons. The standard InChI is InChI=1S/C25H31N3O4/c1-19(20(2)25(30)28(3)18-24(29)31-4)10-8-9-17-32-23-15-13-22(14-16-23)27-26-21-11-6-5-7-12-21/h5-8,10-16,19-20H,9,17-18H2,1-4H3/b10-8-,27-26?. The molecule has 0 bridgehead atoms. The number of rotatable bonds is 11. The third-order valence-corrected chi connectivity index (χ3v) is 5.02. The van der Waals surface area contributed by atoms with E-state index in [0.29, 0.717) is 6.61 Å². The lowest BCUT2D eigenvalue weighted by atomic mass is 9.94. The van der Waals surface area contributed by atoms with Crippen LogP contribution in [0.3, 0.4) is 0 Å². The third kappa shape index (κ3) is 8.34. The molecule has 2 aromatic rings. The van der Waals surface area contributed by atoms with Gasteiger partial charge in [0, 0.05) is 13.0 Å². The number of carbonyl (C=O) groups is 2. The highest BCUT2D eigenvalue weighted by atomic mass is 16.5. The van der Waals surface area contributed by atoms with Crippen molar-refractivity contribution in [2.45, 2.75) is 20.3 Å². The molecule has 0 aromatic heterocycles. The highest BCUT2D eigenvalue weighted by molar-refractivity contribution is 5.83. The normalized spacial score (nSPS) is 13.1. The average molecular weight is 438 g/mol.